The van der Waals surface area contributed by atoms with Crippen molar-refractivity contribution in [3.63, 3.8) is 0 Å². The van der Waals surface area contributed by atoms with Crippen LogP contribution in [0.15, 0.2) is 12.5 Å². The van der Waals surface area contributed by atoms with Gasteiger partial charge in [0.15, 0.2) is 0 Å². The van der Waals surface area contributed by atoms with Crippen LogP contribution in [0.3, 0.4) is 0 Å². The molecule has 0 bridgehead atoms. The van der Waals surface area contributed by atoms with Gasteiger partial charge in [0.2, 0.25) is 0 Å². The molecule has 0 amide bonds. The summed E-state index contributed by atoms with van der Waals surface area (Å²) in [6, 6.07) is 0. The molecule has 0 spiro atoms. The summed E-state index contributed by atoms with van der Waals surface area (Å²) < 4.78 is 3.38. The monoisotopic (exact) mass is 132 g/mol. The average Bonchev–Trinajstić information content (AvgIpc) is 2.17. The second-order valence-corrected chi connectivity index (χ2v) is 3.28. The molecule has 1 rings (SSSR count). The zero-order chi connectivity index (χ0) is 6.69. The summed E-state index contributed by atoms with van der Waals surface area (Å²) >= 11 is 1.07. The zero-order valence-corrected chi connectivity index (χ0v) is 7.96. The van der Waals surface area contributed by atoms with Crippen molar-refractivity contribution in [3.05, 3.63) is 12.5 Å². The van der Waals surface area contributed by atoms with E-state index in [1.54, 1.807) is 0 Å². The molecule has 0 unspecified atom stereocenters. The molecule has 0 aliphatic heterocycles. The molecule has 1 aromatic rings. The maximum absolute atomic E-state index is 4.16. The molecule has 1 heterocycles. The molecule has 0 aliphatic rings. The van der Waals surface area contributed by atoms with Crippen LogP contribution in [0, 0.1) is 0 Å². The summed E-state index contributed by atoms with van der Waals surface area (Å²) in [5, 5.41) is 0. The standard InChI is InChI=1S/C6H9N2.Na/c1-2-4-8-5-3-7-6-8;/h5-6H,2,4H2,1H3;. The predicted molar refractivity (Wildman–Crippen MR) is 37.9 cm³/mol. The van der Waals surface area contributed by atoms with Crippen molar-refractivity contribution in [1.29, 1.82) is 0 Å². The van der Waals surface area contributed by atoms with E-state index in [1.165, 1.54) is 9.36 Å². The van der Waals surface area contributed by atoms with Gasteiger partial charge in [-0.25, -0.2) is 0 Å². The van der Waals surface area contributed by atoms with E-state index in [0.29, 0.717) is 0 Å². The molecule has 0 N–H and O–H groups in total. The van der Waals surface area contributed by atoms with E-state index < -0.39 is 0 Å². The van der Waals surface area contributed by atoms with Crippen LogP contribution in [0.1, 0.15) is 13.3 Å². The van der Waals surface area contributed by atoms with E-state index in [0.717, 1.165) is 34.5 Å². The van der Waals surface area contributed by atoms with Crippen LogP contribution in [-0.2, 0) is 6.54 Å². The number of imidazole rings is 1. The van der Waals surface area contributed by atoms with Gasteiger partial charge in [-0.1, -0.05) is 0 Å². The molecule has 0 aliphatic carbocycles. The van der Waals surface area contributed by atoms with Gasteiger partial charge in [0.1, 0.15) is 0 Å². The van der Waals surface area contributed by atoms with Gasteiger partial charge < -0.3 is 0 Å². The molecule has 9 heavy (non-hydrogen) atoms. The first kappa shape index (κ1) is 7.32. The van der Waals surface area contributed by atoms with Crippen LogP contribution in [0.4, 0.5) is 0 Å². The number of hydrogen-bond acceptors (Lipinski definition) is 1. The van der Waals surface area contributed by atoms with Crippen molar-refractivity contribution in [2.45, 2.75) is 19.9 Å². The Balaban J connectivity index is 2.61. The fourth-order valence-electron chi connectivity index (χ4n) is 0.852. The van der Waals surface area contributed by atoms with E-state index in [2.05, 4.69) is 22.7 Å². The van der Waals surface area contributed by atoms with E-state index in [4.69, 9.17) is 0 Å². The Morgan fingerprint density at radius 1 is 1.78 bits per heavy atom. The molecule has 0 aromatic carbocycles. The van der Waals surface area contributed by atoms with Gasteiger partial charge >= 0.3 is 72.8 Å². The predicted octanol–water partition coefficient (Wildman–Crippen LogP) is 0.0869. The Labute approximate surface area is 72.7 Å². The fraction of sp³-hybridized carbons (Fsp3) is 0.500. The van der Waals surface area contributed by atoms with Gasteiger partial charge in [-0.15, -0.1) is 0 Å². The minimum absolute atomic E-state index is 1.07. The van der Waals surface area contributed by atoms with Crippen molar-refractivity contribution >= 4 is 30.9 Å². The Bertz CT molecular complexity index is 183. The van der Waals surface area contributed by atoms with Crippen LogP contribution < -0.4 is 2.94 Å². The van der Waals surface area contributed by atoms with Gasteiger partial charge in [0.25, 0.3) is 0 Å². The van der Waals surface area contributed by atoms with Crippen molar-refractivity contribution in [2.24, 2.45) is 0 Å². The number of hydrogen-bond donors (Lipinski definition) is 0. The number of nitrogens with zero attached hydrogens (tertiary/aromatic N) is 2. The van der Waals surface area contributed by atoms with Crippen molar-refractivity contribution < 1.29 is 0 Å². The van der Waals surface area contributed by atoms with Gasteiger partial charge in [0.05, 0.1) is 0 Å². The molecule has 1 aromatic heterocycles. The summed E-state index contributed by atoms with van der Waals surface area (Å²) in [4.78, 5) is 4.16. The summed E-state index contributed by atoms with van der Waals surface area (Å²) in [7, 11) is 0. The molecule has 3 heteroatoms. The van der Waals surface area contributed by atoms with Gasteiger partial charge in [-0.05, 0) is 0 Å². The molecular weight excluding hydrogens is 123 g/mol. The maximum atomic E-state index is 4.16. The third kappa shape index (κ3) is 2.12. The first-order valence-corrected chi connectivity index (χ1v) is 4.31. The first-order valence-electron chi connectivity index (χ1n) is 3.31. The molecule has 0 saturated heterocycles. The first-order chi connectivity index (χ1) is 4.33. The molecular formula is C6H9N2Na. The Morgan fingerprint density at radius 2 is 2.56 bits per heavy atom. The van der Waals surface area contributed by atoms with E-state index in [9.17, 15) is 0 Å². The van der Waals surface area contributed by atoms with Crippen LogP contribution in [0.25, 0.3) is 0 Å². The average molecular weight is 132 g/mol. The third-order valence-electron chi connectivity index (χ3n) is 1.24. The van der Waals surface area contributed by atoms with E-state index in [1.807, 2.05) is 6.33 Å². The Morgan fingerprint density at radius 3 is 3.00 bits per heavy atom. The summed E-state index contributed by atoms with van der Waals surface area (Å²) in [6.07, 6.45) is 5.22. The van der Waals surface area contributed by atoms with Crippen molar-refractivity contribution in [3.8, 4) is 0 Å². The topological polar surface area (TPSA) is 17.8 Å². The molecule has 0 radical (unpaired) electrons. The third-order valence-corrected chi connectivity index (χ3v) is 1.76. The molecule has 44 valence electrons. The minimum atomic E-state index is 1.07. The number of rotatable bonds is 2. The number of aromatic nitrogens is 2. The van der Waals surface area contributed by atoms with Gasteiger partial charge in [-0.2, -0.15) is 0 Å². The number of aryl methyl sites for hydroxylation is 1. The quantitative estimate of drug-likeness (QED) is 0.521. The Hall–Kier alpha value is 0.210. The zero-order valence-electron chi connectivity index (χ0n) is 5.96. The second kappa shape index (κ2) is 3.40. The van der Waals surface area contributed by atoms with E-state index >= 15 is 0 Å². The normalized spacial score (nSPS) is 10.1. The summed E-state index contributed by atoms with van der Waals surface area (Å²) in [5.74, 6) is 0. The van der Waals surface area contributed by atoms with E-state index in [-0.39, 0.29) is 0 Å². The molecule has 0 fully saturated rings. The van der Waals surface area contributed by atoms with Crippen LogP contribution in [-0.4, -0.2) is 37.5 Å². The summed E-state index contributed by atoms with van der Waals surface area (Å²) in [5.41, 5.74) is 0. The fourth-order valence-corrected chi connectivity index (χ4v) is 1.30. The molecule has 2 nitrogen and oxygen atoms in total. The second-order valence-electron chi connectivity index (χ2n) is 2.25. The molecule has 0 atom stereocenters. The van der Waals surface area contributed by atoms with Crippen LogP contribution >= 0.6 is 0 Å². The van der Waals surface area contributed by atoms with Crippen LogP contribution in [0.5, 0.6) is 0 Å². The Kier molecular flexibility index (Phi) is 2.76. The SMILES string of the molecule is CCCn1cn[c]([Na])c1. The summed E-state index contributed by atoms with van der Waals surface area (Å²) in [6.45, 7) is 3.28. The van der Waals surface area contributed by atoms with Crippen molar-refractivity contribution in [1.82, 2.24) is 9.55 Å². The van der Waals surface area contributed by atoms with Crippen molar-refractivity contribution in [2.75, 3.05) is 0 Å². The molecule has 0 saturated carbocycles. The van der Waals surface area contributed by atoms with Gasteiger partial charge in [0, 0.05) is 0 Å². The van der Waals surface area contributed by atoms with Gasteiger partial charge in [-0.3, -0.25) is 0 Å². The van der Waals surface area contributed by atoms with Crippen LogP contribution in [0.2, 0.25) is 0 Å².